The molecule has 0 aliphatic heterocycles. The first kappa shape index (κ1) is 26.2. The molecule has 186 valence electrons. The van der Waals surface area contributed by atoms with E-state index in [1.165, 1.54) is 37.6 Å². The molecule has 0 unspecified atom stereocenters. The first-order valence-corrected chi connectivity index (χ1v) is 10.9. The third-order valence-corrected chi connectivity index (χ3v) is 5.66. The average Bonchev–Trinajstić information content (AvgIpc) is 2.84. The molecule has 9 heteroatoms. The van der Waals surface area contributed by atoms with E-state index >= 15 is 0 Å². The number of nitrogens with one attached hydrogen (secondary N) is 2. The molecule has 0 amide bonds. The molecule has 0 aliphatic rings. The minimum absolute atomic E-state index is 0.0660. The minimum atomic E-state index is -4.51. The first-order valence-electron chi connectivity index (χ1n) is 10.9. The van der Waals surface area contributed by atoms with E-state index < -0.39 is 23.7 Å². The molecule has 4 nitrogen and oxygen atoms in total. The van der Waals surface area contributed by atoms with Crippen LogP contribution in [0.1, 0.15) is 40.9 Å². The van der Waals surface area contributed by atoms with Gasteiger partial charge in [-0.05, 0) is 59.9 Å². The van der Waals surface area contributed by atoms with Crippen molar-refractivity contribution in [2.45, 2.75) is 31.1 Å². The van der Waals surface area contributed by atoms with Crippen molar-refractivity contribution >= 4 is 0 Å². The maximum atomic E-state index is 14.1. The van der Waals surface area contributed by atoms with Gasteiger partial charge >= 0.3 is 6.18 Å². The summed E-state index contributed by atoms with van der Waals surface area (Å²) in [5.74, 6) is -0.829. The smallest absolute Gasteiger partial charge is 0.433 e. The lowest BCUT2D eigenvalue weighted by atomic mass is 9.95. The van der Waals surface area contributed by atoms with Crippen LogP contribution in [0, 0.1) is 11.6 Å². The number of hydrogen-bond acceptors (Lipinski definition) is 4. The minimum Gasteiger partial charge on any atom is -0.494 e. The number of alkyl halides is 3. The lowest BCUT2D eigenvalue weighted by Gasteiger charge is -2.28. The number of nitrogens with zero attached hydrogens (tertiary/aromatic N) is 1. The van der Waals surface area contributed by atoms with Crippen LogP contribution in [0.4, 0.5) is 22.0 Å². The molecule has 3 aromatic rings. The predicted molar refractivity (Wildman–Crippen MR) is 124 cm³/mol. The Morgan fingerprint density at radius 1 is 1.03 bits per heavy atom. The van der Waals surface area contributed by atoms with Gasteiger partial charge in [0.25, 0.3) is 0 Å². The van der Waals surface area contributed by atoms with Gasteiger partial charge in [-0.1, -0.05) is 30.8 Å². The normalized spacial score (nSPS) is 13.2. The number of ether oxygens (including phenoxy) is 1. The van der Waals surface area contributed by atoms with E-state index in [1.807, 2.05) is 0 Å². The molecule has 2 aromatic carbocycles. The Morgan fingerprint density at radius 3 is 2.29 bits per heavy atom. The Balaban J connectivity index is 1.91. The molecular formula is C26H26F5N3O. The average molecular weight is 492 g/mol. The fourth-order valence-corrected chi connectivity index (χ4v) is 3.69. The van der Waals surface area contributed by atoms with Crippen LogP contribution in [0.2, 0.25) is 0 Å². The summed E-state index contributed by atoms with van der Waals surface area (Å²) >= 11 is 0. The summed E-state index contributed by atoms with van der Waals surface area (Å²) in [5, 5.41) is 6.48. The largest absolute Gasteiger partial charge is 0.494 e. The van der Waals surface area contributed by atoms with Gasteiger partial charge in [-0.25, -0.2) is 8.78 Å². The molecule has 2 atom stereocenters. The maximum absolute atomic E-state index is 14.1. The van der Waals surface area contributed by atoms with Crippen molar-refractivity contribution in [2.75, 3.05) is 14.2 Å². The second-order valence-corrected chi connectivity index (χ2v) is 7.96. The topological polar surface area (TPSA) is 46.2 Å². The number of methoxy groups -OCH3 is 1. The zero-order valence-corrected chi connectivity index (χ0v) is 19.3. The summed E-state index contributed by atoms with van der Waals surface area (Å²) in [6.07, 6.45) is -2.47. The van der Waals surface area contributed by atoms with E-state index in [-0.39, 0.29) is 17.6 Å². The van der Waals surface area contributed by atoms with Crippen LogP contribution in [0.5, 0.6) is 5.75 Å². The molecule has 0 fully saturated rings. The van der Waals surface area contributed by atoms with Crippen molar-refractivity contribution < 1.29 is 26.7 Å². The van der Waals surface area contributed by atoms with E-state index in [9.17, 15) is 22.0 Å². The van der Waals surface area contributed by atoms with Gasteiger partial charge in [0.05, 0.1) is 13.2 Å². The van der Waals surface area contributed by atoms with E-state index in [1.54, 1.807) is 31.3 Å². The Kier molecular flexibility index (Phi) is 8.45. The molecule has 0 bridgehead atoms. The lowest BCUT2D eigenvalue weighted by Crippen LogP contribution is -2.31. The Morgan fingerprint density at radius 2 is 1.71 bits per heavy atom. The number of aromatic nitrogens is 1. The van der Waals surface area contributed by atoms with Gasteiger partial charge in [-0.3, -0.25) is 10.3 Å². The molecule has 2 N–H and O–H groups in total. The summed E-state index contributed by atoms with van der Waals surface area (Å²) < 4.78 is 71.2. The van der Waals surface area contributed by atoms with Crippen LogP contribution < -0.4 is 15.4 Å². The van der Waals surface area contributed by atoms with Gasteiger partial charge in [0.2, 0.25) is 0 Å². The highest BCUT2D eigenvalue weighted by Gasteiger charge is 2.32. The van der Waals surface area contributed by atoms with Crippen LogP contribution in [-0.2, 0) is 12.6 Å². The van der Waals surface area contributed by atoms with E-state index in [0.717, 1.165) is 11.6 Å². The second-order valence-electron chi connectivity index (χ2n) is 7.96. The van der Waals surface area contributed by atoms with Crippen molar-refractivity contribution in [3.63, 3.8) is 0 Å². The highest BCUT2D eigenvalue weighted by atomic mass is 19.4. The summed E-state index contributed by atoms with van der Waals surface area (Å²) in [6, 6.07) is 12.0. The monoisotopic (exact) mass is 491 g/mol. The Hall–Kier alpha value is -3.46. The predicted octanol–water partition coefficient (Wildman–Crippen LogP) is 6.13. The zero-order chi connectivity index (χ0) is 25.6. The number of pyridine rings is 1. The van der Waals surface area contributed by atoms with Crippen LogP contribution in [0.25, 0.3) is 0 Å². The molecule has 35 heavy (non-hydrogen) atoms. The molecule has 0 radical (unpaired) electrons. The van der Waals surface area contributed by atoms with Crippen molar-refractivity contribution in [1.82, 2.24) is 15.6 Å². The SMILES string of the molecule is C=C(NC)[C@H](N[C@H](CCc1ccc(C(F)(F)F)nc1)c1ccc(F)c(OC)c1)c1ccc(F)cc1. The number of hydrogen-bond donors (Lipinski definition) is 2. The van der Waals surface area contributed by atoms with Gasteiger partial charge in [0.1, 0.15) is 11.5 Å². The fraction of sp³-hybridized carbons (Fsp3) is 0.269. The van der Waals surface area contributed by atoms with Gasteiger partial charge in [-0.2, -0.15) is 13.2 Å². The maximum Gasteiger partial charge on any atom is 0.433 e. The Labute approximate surface area is 200 Å². The van der Waals surface area contributed by atoms with Crippen molar-refractivity contribution in [2.24, 2.45) is 0 Å². The van der Waals surface area contributed by atoms with Crippen molar-refractivity contribution in [3.8, 4) is 5.75 Å². The Bertz CT molecular complexity index is 1130. The molecule has 1 aromatic heterocycles. The quantitative estimate of drug-likeness (QED) is 0.335. The van der Waals surface area contributed by atoms with E-state index in [2.05, 4.69) is 22.2 Å². The molecule has 3 rings (SSSR count). The molecular weight excluding hydrogens is 465 g/mol. The van der Waals surface area contributed by atoms with E-state index in [0.29, 0.717) is 29.7 Å². The van der Waals surface area contributed by atoms with Crippen LogP contribution >= 0.6 is 0 Å². The van der Waals surface area contributed by atoms with Gasteiger partial charge in [0, 0.05) is 25.0 Å². The number of rotatable bonds is 10. The van der Waals surface area contributed by atoms with Gasteiger partial charge in [-0.15, -0.1) is 0 Å². The first-order chi connectivity index (χ1) is 16.6. The van der Waals surface area contributed by atoms with Crippen LogP contribution in [0.15, 0.2) is 73.1 Å². The van der Waals surface area contributed by atoms with Gasteiger partial charge < -0.3 is 10.1 Å². The number of benzene rings is 2. The fourth-order valence-electron chi connectivity index (χ4n) is 3.69. The number of likely N-dealkylation sites (N-methyl/N-ethyl adjacent to an activating group) is 1. The zero-order valence-electron chi connectivity index (χ0n) is 19.3. The molecule has 0 spiro atoms. The highest BCUT2D eigenvalue weighted by molar-refractivity contribution is 5.34. The number of aryl methyl sites for hydroxylation is 1. The lowest BCUT2D eigenvalue weighted by molar-refractivity contribution is -0.141. The summed E-state index contributed by atoms with van der Waals surface area (Å²) in [7, 11) is 3.08. The molecule has 0 aliphatic carbocycles. The highest BCUT2D eigenvalue weighted by Crippen LogP contribution is 2.31. The molecule has 0 saturated heterocycles. The third-order valence-electron chi connectivity index (χ3n) is 5.66. The molecule has 1 heterocycles. The van der Waals surface area contributed by atoms with Crippen molar-refractivity contribution in [1.29, 1.82) is 0 Å². The summed E-state index contributed by atoms with van der Waals surface area (Å²) in [5.41, 5.74) is 1.73. The van der Waals surface area contributed by atoms with Crippen molar-refractivity contribution in [3.05, 3.63) is 107 Å². The third kappa shape index (κ3) is 6.79. The van der Waals surface area contributed by atoms with E-state index in [4.69, 9.17) is 4.74 Å². The van der Waals surface area contributed by atoms with Crippen LogP contribution in [0.3, 0.4) is 0 Å². The summed E-state index contributed by atoms with van der Waals surface area (Å²) in [6.45, 7) is 4.05. The number of halogens is 5. The standard InChI is InChI=1S/C26H26F5N3O/c1-16(32-2)25(18-6-9-20(27)10-7-18)34-22(19-8-11-21(28)23(14-19)35-3)12-4-17-5-13-24(33-15-17)26(29,30)31/h5-11,13-15,22,25,32,34H,1,4,12H2,2-3H3/t22-,25+/m1/s1. The molecule has 0 saturated carbocycles. The summed E-state index contributed by atoms with van der Waals surface area (Å²) in [4.78, 5) is 3.52. The van der Waals surface area contributed by atoms with Crippen LogP contribution in [-0.4, -0.2) is 19.1 Å². The van der Waals surface area contributed by atoms with Gasteiger partial charge in [0.15, 0.2) is 11.6 Å². The second kappa shape index (κ2) is 11.3.